The Kier molecular flexibility index (Phi) is 9.45. The van der Waals surface area contributed by atoms with Crippen LogP contribution in [0, 0.1) is 11.7 Å². The second kappa shape index (κ2) is 12.5. The minimum atomic E-state index is -0.516. The van der Waals surface area contributed by atoms with Crippen LogP contribution in [0.2, 0.25) is 0 Å². The third-order valence-electron chi connectivity index (χ3n) is 6.30. The SMILES string of the molecule is CCCN(CCC)CCNC(=O)C1CCC(=O)N(c2ccc(OC)cc2)C1c1ccc(F)cc1. The zero-order chi connectivity index (χ0) is 24.5. The van der Waals surface area contributed by atoms with Crippen molar-refractivity contribution in [3.63, 3.8) is 0 Å². The summed E-state index contributed by atoms with van der Waals surface area (Å²) in [5, 5.41) is 3.10. The molecule has 2 unspecified atom stereocenters. The number of rotatable bonds is 11. The van der Waals surface area contributed by atoms with Crippen molar-refractivity contribution in [3.05, 3.63) is 59.9 Å². The van der Waals surface area contributed by atoms with E-state index >= 15 is 0 Å². The predicted octanol–water partition coefficient (Wildman–Crippen LogP) is 4.56. The van der Waals surface area contributed by atoms with E-state index in [1.807, 2.05) is 12.1 Å². The minimum absolute atomic E-state index is 0.0550. The van der Waals surface area contributed by atoms with Crippen LogP contribution in [-0.4, -0.2) is 50.0 Å². The van der Waals surface area contributed by atoms with E-state index in [0.717, 1.165) is 38.0 Å². The summed E-state index contributed by atoms with van der Waals surface area (Å²) in [6.07, 6.45) is 2.87. The Morgan fingerprint density at radius 3 is 2.29 bits per heavy atom. The van der Waals surface area contributed by atoms with Gasteiger partial charge in [-0.1, -0.05) is 26.0 Å². The Hall–Kier alpha value is -2.93. The molecular formula is C27H36FN3O3. The lowest BCUT2D eigenvalue weighted by Gasteiger charge is -2.41. The number of amides is 2. The highest BCUT2D eigenvalue weighted by atomic mass is 19.1. The summed E-state index contributed by atoms with van der Waals surface area (Å²) in [5.74, 6) is -0.232. The van der Waals surface area contributed by atoms with Crippen molar-refractivity contribution in [2.75, 3.05) is 38.2 Å². The highest BCUT2D eigenvalue weighted by molar-refractivity contribution is 5.97. The van der Waals surface area contributed by atoms with Crippen LogP contribution in [0.3, 0.4) is 0 Å². The topological polar surface area (TPSA) is 61.9 Å². The largest absolute Gasteiger partial charge is 0.497 e. The number of nitrogens with zero attached hydrogens (tertiary/aromatic N) is 2. The lowest BCUT2D eigenvalue weighted by molar-refractivity contribution is -0.129. The summed E-state index contributed by atoms with van der Waals surface area (Å²) in [5.41, 5.74) is 1.43. The van der Waals surface area contributed by atoms with E-state index in [4.69, 9.17) is 4.74 Å². The van der Waals surface area contributed by atoms with Gasteiger partial charge in [0.15, 0.2) is 0 Å². The summed E-state index contributed by atoms with van der Waals surface area (Å²) >= 11 is 0. The molecule has 0 aromatic heterocycles. The lowest BCUT2D eigenvalue weighted by Crippen LogP contribution is -2.49. The predicted molar refractivity (Wildman–Crippen MR) is 132 cm³/mol. The number of ether oxygens (including phenoxy) is 1. The Morgan fingerprint density at radius 2 is 1.71 bits per heavy atom. The van der Waals surface area contributed by atoms with Crippen LogP contribution >= 0.6 is 0 Å². The molecule has 0 saturated carbocycles. The van der Waals surface area contributed by atoms with Gasteiger partial charge in [-0.3, -0.25) is 9.59 Å². The molecule has 1 N–H and O–H groups in total. The smallest absolute Gasteiger partial charge is 0.227 e. The van der Waals surface area contributed by atoms with Crippen molar-refractivity contribution < 1.29 is 18.7 Å². The van der Waals surface area contributed by atoms with E-state index in [-0.39, 0.29) is 24.1 Å². The first-order valence-corrected chi connectivity index (χ1v) is 12.2. The van der Waals surface area contributed by atoms with Gasteiger partial charge in [0, 0.05) is 25.2 Å². The van der Waals surface area contributed by atoms with Crippen molar-refractivity contribution in [1.29, 1.82) is 0 Å². The summed E-state index contributed by atoms with van der Waals surface area (Å²) in [4.78, 5) is 30.5. The molecule has 0 bridgehead atoms. The van der Waals surface area contributed by atoms with Gasteiger partial charge in [-0.05, 0) is 74.3 Å². The van der Waals surface area contributed by atoms with Crippen molar-refractivity contribution in [2.24, 2.45) is 5.92 Å². The molecule has 0 radical (unpaired) electrons. The van der Waals surface area contributed by atoms with Gasteiger partial charge < -0.3 is 19.9 Å². The summed E-state index contributed by atoms with van der Waals surface area (Å²) in [6, 6.07) is 12.8. The fourth-order valence-corrected chi connectivity index (χ4v) is 4.69. The standard InChI is InChI=1S/C27H36FN3O3/c1-4-17-30(18-5-2)19-16-29-27(33)24-14-15-25(32)31(22-10-12-23(34-3)13-11-22)26(24)20-6-8-21(28)9-7-20/h6-13,24,26H,4-5,14-19H2,1-3H3,(H,29,33). The minimum Gasteiger partial charge on any atom is -0.497 e. The van der Waals surface area contributed by atoms with E-state index in [9.17, 15) is 14.0 Å². The molecule has 184 valence electrons. The van der Waals surface area contributed by atoms with E-state index < -0.39 is 12.0 Å². The zero-order valence-corrected chi connectivity index (χ0v) is 20.4. The lowest BCUT2D eigenvalue weighted by atomic mass is 9.83. The number of anilines is 1. The van der Waals surface area contributed by atoms with E-state index in [1.165, 1.54) is 12.1 Å². The molecule has 6 nitrogen and oxygen atoms in total. The second-order valence-corrected chi connectivity index (χ2v) is 8.74. The number of nitrogens with one attached hydrogen (secondary N) is 1. The molecule has 2 atom stereocenters. The molecule has 2 amide bonds. The van der Waals surface area contributed by atoms with Gasteiger partial charge in [0.1, 0.15) is 11.6 Å². The van der Waals surface area contributed by atoms with Crippen LogP contribution in [0.4, 0.5) is 10.1 Å². The first-order valence-electron chi connectivity index (χ1n) is 12.2. The molecule has 1 aliphatic heterocycles. The highest BCUT2D eigenvalue weighted by Gasteiger charge is 2.41. The van der Waals surface area contributed by atoms with Gasteiger partial charge in [-0.15, -0.1) is 0 Å². The number of carbonyl (C=O) groups is 2. The van der Waals surface area contributed by atoms with E-state index in [1.54, 1.807) is 36.3 Å². The molecule has 2 aromatic carbocycles. The Morgan fingerprint density at radius 1 is 1.06 bits per heavy atom. The van der Waals surface area contributed by atoms with Crippen LogP contribution in [0.1, 0.15) is 51.1 Å². The average molecular weight is 470 g/mol. The number of hydrogen-bond acceptors (Lipinski definition) is 4. The zero-order valence-electron chi connectivity index (χ0n) is 20.4. The van der Waals surface area contributed by atoms with Crippen LogP contribution < -0.4 is 15.0 Å². The number of benzene rings is 2. The number of methoxy groups -OCH3 is 1. The molecule has 34 heavy (non-hydrogen) atoms. The number of hydrogen-bond donors (Lipinski definition) is 1. The van der Waals surface area contributed by atoms with Gasteiger partial charge in [-0.2, -0.15) is 0 Å². The van der Waals surface area contributed by atoms with Crippen molar-refractivity contribution in [3.8, 4) is 5.75 Å². The molecule has 0 aliphatic carbocycles. The van der Waals surface area contributed by atoms with Gasteiger partial charge in [0.25, 0.3) is 0 Å². The molecule has 2 aromatic rings. The Balaban J connectivity index is 1.84. The van der Waals surface area contributed by atoms with Crippen molar-refractivity contribution in [2.45, 2.75) is 45.6 Å². The number of halogens is 1. The first kappa shape index (κ1) is 25.7. The van der Waals surface area contributed by atoms with Crippen LogP contribution in [-0.2, 0) is 9.59 Å². The fraction of sp³-hybridized carbons (Fsp3) is 0.481. The van der Waals surface area contributed by atoms with Gasteiger partial charge >= 0.3 is 0 Å². The van der Waals surface area contributed by atoms with Crippen LogP contribution in [0.5, 0.6) is 5.75 Å². The average Bonchev–Trinajstić information content (AvgIpc) is 2.84. The van der Waals surface area contributed by atoms with Crippen LogP contribution in [0.25, 0.3) is 0 Å². The monoisotopic (exact) mass is 469 g/mol. The number of carbonyl (C=O) groups excluding carboxylic acids is 2. The Labute approximate surface area is 202 Å². The molecule has 1 saturated heterocycles. The van der Waals surface area contributed by atoms with Gasteiger partial charge in [-0.25, -0.2) is 4.39 Å². The van der Waals surface area contributed by atoms with Crippen molar-refractivity contribution in [1.82, 2.24) is 10.2 Å². The van der Waals surface area contributed by atoms with Gasteiger partial charge in [0.05, 0.1) is 19.1 Å². The third kappa shape index (κ3) is 6.35. The molecule has 7 heteroatoms. The molecule has 1 heterocycles. The quantitative estimate of drug-likeness (QED) is 0.524. The maximum atomic E-state index is 13.7. The molecule has 1 aliphatic rings. The first-order chi connectivity index (χ1) is 16.5. The van der Waals surface area contributed by atoms with Crippen molar-refractivity contribution >= 4 is 17.5 Å². The molecule has 3 rings (SSSR count). The van der Waals surface area contributed by atoms with E-state index in [0.29, 0.717) is 24.4 Å². The third-order valence-corrected chi connectivity index (χ3v) is 6.30. The summed E-state index contributed by atoms with van der Waals surface area (Å²) in [7, 11) is 1.59. The Bertz CT molecular complexity index is 927. The molecule has 1 fully saturated rings. The number of piperidine rings is 1. The van der Waals surface area contributed by atoms with E-state index in [2.05, 4.69) is 24.1 Å². The molecule has 0 spiro atoms. The maximum Gasteiger partial charge on any atom is 0.227 e. The normalized spacial score (nSPS) is 18.3. The summed E-state index contributed by atoms with van der Waals surface area (Å²) < 4.78 is 18.9. The maximum absolute atomic E-state index is 13.7. The second-order valence-electron chi connectivity index (χ2n) is 8.74. The summed E-state index contributed by atoms with van der Waals surface area (Å²) in [6.45, 7) is 7.67. The van der Waals surface area contributed by atoms with Crippen LogP contribution in [0.15, 0.2) is 48.5 Å². The van der Waals surface area contributed by atoms with Gasteiger partial charge in [0.2, 0.25) is 11.8 Å². The fourth-order valence-electron chi connectivity index (χ4n) is 4.69. The molecular weight excluding hydrogens is 433 g/mol. The highest BCUT2D eigenvalue weighted by Crippen LogP contribution is 2.40.